The van der Waals surface area contributed by atoms with E-state index in [4.69, 9.17) is 5.11 Å². The molecular weight excluding hydrogens is 249 g/mol. The SMILES string of the molecule is O=C(O)c1nnn(Cc2ccccc2F)c1C1CC1. The molecule has 1 aliphatic rings. The maximum atomic E-state index is 13.6. The first-order valence-electron chi connectivity index (χ1n) is 6.07. The summed E-state index contributed by atoms with van der Waals surface area (Å²) < 4.78 is 15.1. The second-order valence-corrected chi connectivity index (χ2v) is 4.65. The number of rotatable bonds is 4. The van der Waals surface area contributed by atoms with E-state index in [1.54, 1.807) is 18.2 Å². The number of hydrogen-bond donors (Lipinski definition) is 1. The standard InChI is InChI=1S/C13H12FN3O2/c14-10-4-2-1-3-9(10)7-17-12(8-5-6-8)11(13(18)19)15-16-17/h1-4,8H,5-7H2,(H,18,19). The van der Waals surface area contributed by atoms with Crippen molar-refractivity contribution in [1.82, 2.24) is 15.0 Å². The number of nitrogens with zero attached hydrogens (tertiary/aromatic N) is 3. The van der Waals surface area contributed by atoms with E-state index in [2.05, 4.69) is 10.3 Å². The predicted octanol–water partition coefficient (Wildman–Crippen LogP) is 2.04. The van der Waals surface area contributed by atoms with Gasteiger partial charge in [-0.25, -0.2) is 13.9 Å². The Balaban J connectivity index is 1.97. The van der Waals surface area contributed by atoms with E-state index in [1.807, 2.05) is 0 Å². The molecule has 19 heavy (non-hydrogen) atoms. The fraction of sp³-hybridized carbons (Fsp3) is 0.308. The van der Waals surface area contributed by atoms with Crippen molar-refractivity contribution in [2.24, 2.45) is 0 Å². The Bertz CT molecular complexity index is 635. The van der Waals surface area contributed by atoms with Crippen LogP contribution in [0.1, 0.15) is 40.5 Å². The van der Waals surface area contributed by atoms with Gasteiger partial charge in [0.25, 0.3) is 0 Å². The van der Waals surface area contributed by atoms with E-state index in [1.165, 1.54) is 10.7 Å². The van der Waals surface area contributed by atoms with Crippen LogP contribution in [0.15, 0.2) is 24.3 Å². The molecule has 0 bridgehead atoms. The van der Waals surface area contributed by atoms with Crippen LogP contribution < -0.4 is 0 Å². The molecule has 1 aliphatic carbocycles. The van der Waals surface area contributed by atoms with Crippen LogP contribution in [-0.4, -0.2) is 26.1 Å². The molecule has 98 valence electrons. The lowest BCUT2D eigenvalue weighted by Gasteiger charge is -2.06. The van der Waals surface area contributed by atoms with Crippen molar-refractivity contribution in [1.29, 1.82) is 0 Å². The number of carbonyl (C=O) groups is 1. The smallest absolute Gasteiger partial charge is 0.358 e. The molecule has 1 aromatic heterocycles. The molecule has 3 rings (SSSR count). The Morgan fingerprint density at radius 1 is 1.42 bits per heavy atom. The lowest BCUT2D eigenvalue weighted by Crippen LogP contribution is -2.09. The Kier molecular flexibility index (Phi) is 2.77. The zero-order chi connectivity index (χ0) is 13.4. The van der Waals surface area contributed by atoms with Gasteiger partial charge in [0.2, 0.25) is 0 Å². The minimum atomic E-state index is -1.08. The summed E-state index contributed by atoms with van der Waals surface area (Å²) in [5, 5.41) is 16.6. The fourth-order valence-electron chi connectivity index (χ4n) is 2.14. The van der Waals surface area contributed by atoms with Crippen LogP contribution in [0.25, 0.3) is 0 Å². The van der Waals surface area contributed by atoms with E-state index >= 15 is 0 Å². The van der Waals surface area contributed by atoms with Crippen molar-refractivity contribution in [2.45, 2.75) is 25.3 Å². The van der Waals surface area contributed by atoms with Crippen molar-refractivity contribution < 1.29 is 14.3 Å². The second kappa shape index (κ2) is 4.46. The third kappa shape index (κ3) is 2.21. The first-order chi connectivity index (χ1) is 9.16. The number of halogens is 1. The molecule has 0 aliphatic heterocycles. The highest BCUT2D eigenvalue weighted by atomic mass is 19.1. The summed E-state index contributed by atoms with van der Waals surface area (Å²) in [5.74, 6) is -1.22. The third-order valence-electron chi connectivity index (χ3n) is 3.22. The van der Waals surface area contributed by atoms with E-state index in [0.29, 0.717) is 11.3 Å². The summed E-state index contributed by atoms with van der Waals surface area (Å²) in [6.07, 6.45) is 1.87. The molecule has 6 heteroatoms. The maximum Gasteiger partial charge on any atom is 0.358 e. The van der Waals surface area contributed by atoms with Crippen LogP contribution in [0.4, 0.5) is 4.39 Å². The van der Waals surface area contributed by atoms with Crippen LogP contribution in [0.5, 0.6) is 0 Å². The maximum absolute atomic E-state index is 13.6. The zero-order valence-electron chi connectivity index (χ0n) is 10.1. The van der Waals surface area contributed by atoms with Gasteiger partial charge in [0, 0.05) is 11.5 Å². The topological polar surface area (TPSA) is 68.0 Å². The summed E-state index contributed by atoms with van der Waals surface area (Å²) in [6.45, 7) is 0.207. The Labute approximate surface area is 108 Å². The number of aromatic nitrogens is 3. The van der Waals surface area contributed by atoms with Gasteiger partial charge < -0.3 is 5.11 Å². The summed E-state index contributed by atoms with van der Waals surface area (Å²) >= 11 is 0. The summed E-state index contributed by atoms with van der Waals surface area (Å²) in [7, 11) is 0. The second-order valence-electron chi connectivity index (χ2n) is 4.65. The van der Waals surface area contributed by atoms with Crippen molar-refractivity contribution in [3.8, 4) is 0 Å². The van der Waals surface area contributed by atoms with Gasteiger partial charge in [0.15, 0.2) is 5.69 Å². The van der Waals surface area contributed by atoms with Crippen molar-refractivity contribution in [3.63, 3.8) is 0 Å². The van der Waals surface area contributed by atoms with Crippen LogP contribution in [0.3, 0.4) is 0 Å². The zero-order valence-corrected chi connectivity index (χ0v) is 10.1. The summed E-state index contributed by atoms with van der Waals surface area (Å²) in [6, 6.07) is 6.39. The Hall–Kier alpha value is -2.24. The first-order valence-corrected chi connectivity index (χ1v) is 6.07. The van der Waals surface area contributed by atoms with E-state index in [0.717, 1.165) is 12.8 Å². The van der Waals surface area contributed by atoms with Crippen LogP contribution in [0, 0.1) is 5.82 Å². The molecule has 0 radical (unpaired) electrons. The number of carboxylic acids is 1. The molecule has 1 N–H and O–H groups in total. The van der Waals surface area contributed by atoms with Gasteiger partial charge in [-0.3, -0.25) is 0 Å². The van der Waals surface area contributed by atoms with E-state index < -0.39 is 5.97 Å². The lowest BCUT2D eigenvalue weighted by molar-refractivity contribution is 0.0689. The lowest BCUT2D eigenvalue weighted by atomic mass is 10.2. The van der Waals surface area contributed by atoms with Gasteiger partial charge in [-0.1, -0.05) is 23.4 Å². The van der Waals surface area contributed by atoms with Crippen molar-refractivity contribution in [2.75, 3.05) is 0 Å². The van der Waals surface area contributed by atoms with Crippen LogP contribution in [0.2, 0.25) is 0 Å². The van der Waals surface area contributed by atoms with Crippen molar-refractivity contribution in [3.05, 3.63) is 47.0 Å². The van der Waals surface area contributed by atoms with E-state index in [-0.39, 0.29) is 24.0 Å². The third-order valence-corrected chi connectivity index (χ3v) is 3.22. The van der Waals surface area contributed by atoms with Gasteiger partial charge in [0.05, 0.1) is 12.2 Å². The average molecular weight is 261 g/mol. The molecule has 1 aromatic carbocycles. The van der Waals surface area contributed by atoms with Gasteiger partial charge in [0.1, 0.15) is 5.82 Å². The van der Waals surface area contributed by atoms with Gasteiger partial charge in [-0.2, -0.15) is 0 Å². The molecule has 1 saturated carbocycles. The average Bonchev–Trinajstić information content (AvgIpc) is 3.13. The summed E-state index contributed by atoms with van der Waals surface area (Å²) in [4.78, 5) is 11.1. The highest BCUT2D eigenvalue weighted by Gasteiger charge is 2.33. The molecule has 1 heterocycles. The van der Waals surface area contributed by atoms with Crippen LogP contribution >= 0.6 is 0 Å². The van der Waals surface area contributed by atoms with Gasteiger partial charge in [-0.15, -0.1) is 5.10 Å². The quantitative estimate of drug-likeness (QED) is 0.914. The highest BCUT2D eigenvalue weighted by Crippen LogP contribution is 2.41. The first kappa shape index (κ1) is 11.8. The minimum Gasteiger partial charge on any atom is -0.476 e. The molecule has 0 amide bonds. The number of aromatic carboxylic acids is 1. The molecule has 1 fully saturated rings. The number of benzene rings is 1. The summed E-state index contributed by atoms with van der Waals surface area (Å²) in [5.41, 5.74) is 1.07. The Morgan fingerprint density at radius 3 is 2.79 bits per heavy atom. The van der Waals surface area contributed by atoms with Gasteiger partial charge >= 0.3 is 5.97 Å². The molecular formula is C13H12FN3O2. The molecule has 0 atom stereocenters. The largest absolute Gasteiger partial charge is 0.476 e. The minimum absolute atomic E-state index is 0.0150. The molecule has 5 nitrogen and oxygen atoms in total. The van der Waals surface area contributed by atoms with Crippen molar-refractivity contribution >= 4 is 5.97 Å². The normalized spacial score (nSPS) is 14.6. The Morgan fingerprint density at radius 2 is 2.16 bits per heavy atom. The van der Waals surface area contributed by atoms with Crippen LogP contribution in [-0.2, 0) is 6.54 Å². The predicted molar refractivity (Wildman–Crippen MR) is 64.5 cm³/mol. The molecule has 2 aromatic rings. The van der Waals surface area contributed by atoms with Gasteiger partial charge in [-0.05, 0) is 18.9 Å². The highest BCUT2D eigenvalue weighted by molar-refractivity contribution is 5.86. The number of hydrogen-bond acceptors (Lipinski definition) is 3. The fourth-order valence-corrected chi connectivity index (χ4v) is 2.14. The molecule has 0 saturated heterocycles. The van der Waals surface area contributed by atoms with E-state index in [9.17, 15) is 9.18 Å². The molecule has 0 unspecified atom stereocenters. The molecule has 0 spiro atoms. The monoisotopic (exact) mass is 261 g/mol. The number of carboxylic acid groups (broad SMARTS) is 1.